The molecule has 0 aliphatic carbocycles. The Morgan fingerprint density at radius 2 is 2.00 bits per heavy atom. The molecule has 1 heterocycles. The monoisotopic (exact) mass is 259 g/mol. The zero-order valence-electron chi connectivity index (χ0n) is 9.50. The molecule has 0 fully saturated rings. The van der Waals surface area contributed by atoms with Crippen LogP contribution in [0.25, 0.3) is 0 Å². The molecular weight excluding hydrogens is 248 g/mol. The van der Waals surface area contributed by atoms with Gasteiger partial charge in [-0.2, -0.15) is 0 Å². The Labute approximate surface area is 109 Å². The van der Waals surface area contributed by atoms with E-state index in [2.05, 4.69) is 5.43 Å². The lowest BCUT2D eigenvalue weighted by Crippen LogP contribution is -2.42. The highest BCUT2D eigenvalue weighted by molar-refractivity contribution is 7.10. The number of hydrogen-bond acceptors (Lipinski definition) is 3. The van der Waals surface area contributed by atoms with E-state index in [4.69, 9.17) is 0 Å². The quantitative estimate of drug-likeness (QED) is 0.658. The van der Waals surface area contributed by atoms with E-state index in [0.29, 0.717) is 5.69 Å². The molecule has 0 bridgehead atoms. The predicted octanol–water partition coefficient (Wildman–Crippen LogP) is 1.90. The molecule has 4 nitrogen and oxygen atoms in total. The van der Waals surface area contributed by atoms with Crippen molar-refractivity contribution < 1.29 is 9.59 Å². The number of carbonyl (C=O) groups excluding carboxylic acids is 2. The van der Waals surface area contributed by atoms with E-state index >= 15 is 0 Å². The molecule has 2 aromatic rings. The van der Waals surface area contributed by atoms with Gasteiger partial charge in [0, 0.05) is 4.88 Å². The second-order valence-electron chi connectivity index (χ2n) is 3.55. The lowest BCUT2D eigenvalue weighted by Gasteiger charge is -2.16. The van der Waals surface area contributed by atoms with Crippen LogP contribution >= 0.6 is 11.3 Å². The number of hydrazine groups is 1. The second-order valence-corrected chi connectivity index (χ2v) is 4.59. The molecular formula is C13H11N2O2S. The van der Waals surface area contributed by atoms with E-state index in [1.165, 1.54) is 11.3 Å². The topological polar surface area (TPSA) is 49.4 Å². The molecule has 18 heavy (non-hydrogen) atoms. The fourth-order valence-electron chi connectivity index (χ4n) is 1.45. The number of benzene rings is 1. The van der Waals surface area contributed by atoms with Crippen LogP contribution in [-0.2, 0) is 16.0 Å². The number of nitrogens with one attached hydrogen (secondary N) is 1. The van der Waals surface area contributed by atoms with Gasteiger partial charge in [0.2, 0.25) is 5.91 Å². The average Bonchev–Trinajstić information content (AvgIpc) is 2.90. The van der Waals surface area contributed by atoms with Gasteiger partial charge in [0.1, 0.15) is 0 Å². The standard InChI is InChI=1S/C13H11N2O2S/c16-10-15(11-5-2-1-3-6-11)14-13(17)9-12-7-4-8-18-12/h1-8H,9H2,(H,14,17). The first-order chi connectivity index (χ1) is 8.79. The summed E-state index contributed by atoms with van der Waals surface area (Å²) < 4.78 is 0. The fraction of sp³-hybridized carbons (Fsp3) is 0.0769. The highest BCUT2D eigenvalue weighted by Gasteiger charge is 2.10. The maximum Gasteiger partial charge on any atom is 0.337 e. The third-order valence-corrected chi connectivity index (χ3v) is 3.13. The Kier molecular flexibility index (Phi) is 4.09. The summed E-state index contributed by atoms with van der Waals surface area (Å²) in [6, 6.07) is 12.6. The van der Waals surface area contributed by atoms with Crippen LogP contribution in [0.3, 0.4) is 0 Å². The zero-order chi connectivity index (χ0) is 12.8. The molecule has 0 atom stereocenters. The van der Waals surface area contributed by atoms with Crippen molar-refractivity contribution in [2.75, 3.05) is 5.01 Å². The van der Waals surface area contributed by atoms with Gasteiger partial charge in [0.05, 0.1) is 12.1 Å². The Hall–Kier alpha value is -2.14. The van der Waals surface area contributed by atoms with Crippen LogP contribution in [0.2, 0.25) is 0 Å². The van der Waals surface area contributed by atoms with Crippen LogP contribution < -0.4 is 10.4 Å². The fourth-order valence-corrected chi connectivity index (χ4v) is 2.16. The van der Waals surface area contributed by atoms with Gasteiger partial charge in [-0.1, -0.05) is 24.3 Å². The summed E-state index contributed by atoms with van der Waals surface area (Å²) in [5.74, 6) is -0.246. The Morgan fingerprint density at radius 3 is 2.61 bits per heavy atom. The van der Waals surface area contributed by atoms with Crippen molar-refractivity contribution in [2.45, 2.75) is 6.42 Å². The van der Waals surface area contributed by atoms with Gasteiger partial charge in [-0.15, -0.1) is 11.3 Å². The van der Waals surface area contributed by atoms with Crippen molar-refractivity contribution in [1.82, 2.24) is 5.43 Å². The minimum atomic E-state index is -0.246. The van der Waals surface area contributed by atoms with Crippen LogP contribution in [-0.4, -0.2) is 12.3 Å². The molecule has 1 aromatic heterocycles. The summed E-state index contributed by atoms with van der Waals surface area (Å²) in [6.45, 7) is 0. The number of anilines is 1. The first-order valence-electron chi connectivity index (χ1n) is 5.34. The minimum absolute atomic E-state index is 0.246. The van der Waals surface area contributed by atoms with Crippen molar-refractivity contribution in [3.05, 3.63) is 52.7 Å². The number of rotatable bonds is 5. The Balaban J connectivity index is 1.99. The van der Waals surface area contributed by atoms with Gasteiger partial charge in [0.25, 0.3) is 0 Å². The van der Waals surface area contributed by atoms with Gasteiger partial charge in [0.15, 0.2) is 0 Å². The molecule has 2 rings (SSSR count). The number of nitrogens with zero attached hydrogens (tertiary/aromatic N) is 1. The van der Waals surface area contributed by atoms with E-state index in [0.717, 1.165) is 9.89 Å². The van der Waals surface area contributed by atoms with Crippen molar-refractivity contribution in [2.24, 2.45) is 0 Å². The number of carbonyl (C=O) groups is 1. The summed E-state index contributed by atoms with van der Waals surface area (Å²) in [5, 5.41) is 2.96. The molecule has 5 heteroatoms. The number of para-hydroxylation sites is 1. The maximum absolute atomic E-state index is 11.7. The predicted molar refractivity (Wildman–Crippen MR) is 70.8 cm³/mol. The molecule has 1 aromatic carbocycles. The highest BCUT2D eigenvalue weighted by atomic mass is 32.1. The van der Waals surface area contributed by atoms with E-state index in [1.807, 2.05) is 23.6 Å². The van der Waals surface area contributed by atoms with Crippen LogP contribution in [0.1, 0.15) is 4.88 Å². The van der Waals surface area contributed by atoms with Crippen LogP contribution in [0.4, 0.5) is 5.69 Å². The van der Waals surface area contributed by atoms with Crippen molar-refractivity contribution in [1.29, 1.82) is 0 Å². The Morgan fingerprint density at radius 1 is 1.22 bits per heavy atom. The molecule has 2 amide bonds. The minimum Gasteiger partial charge on any atom is -0.273 e. The van der Waals surface area contributed by atoms with Gasteiger partial charge in [-0.05, 0) is 23.6 Å². The number of thiophene rings is 1. The third-order valence-electron chi connectivity index (χ3n) is 2.26. The smallest absolute Gasteiger partial charge is 0.273 e. The molecule has 0 saturated carbocycles. The summed E-state index contributed by atoms with van der Waals surface area (Å²) in [7, 11) is 0. The average molecular weight is 259 g/mol. The first-order valence-corrected chi connectivity index (χ1v) is 6.22. The SMILES string of the molecule is O=[C]N(NC(=O)Cc1cccs1)c1ccccc1. The van der Waals surface area contributed by atoms with Crippen LogP contribution in [0.5, 0.6) is 0 Å². The van der Waals surface area contributed by atoms with E-state index < -0.39 is 0 Å². The van der Waals surface area contributed by atoms with Gasteiger partial charge in [-0.25, -0.2) is 5.01 Å². The molecule has 1 radical (unpaired) electrons. The van der Waals surface area contributed by atoms with Crippen LogP contribution in [0.15, 0.2) is 47.8 Å². The zero-order valence-corrected chi connectivity index (χ0v) is 10.3. The summed E-state index contributed by atoms with van der Waals surface area (Å²) in [4.78, 5) is 23.5. The normalized spacial score (nSPS) is 9.78. The van der Waals surface area contributed by atoms with E-state index in [9.17, 15) is 9.59 Å². The molecule has 0 spiro atoms. The summed E-state index contributed by atoms with van der Waals surface area (Å²) >= 11 is 1.50. The lowest BCUT2D eigenvalue weighted by atomic mass is 10.3. The van der Waals surface area contributed by atoms with Gasteiger partial charge in [-0.3, -0.25) is 15.0 Å². The van der Waals surface area contributed by atoms with Crippen molar-refractivity contribution in [3.63, 3.8) is 0 Å². The van der Waals surface area contributed by atoms with Crippen LogP contribution in [0, 0.1) is 0 Å². The molecule has 0 aliphatic heterocycles. The van der Waals surface area contributed by atoms with Crippen molar-refractivity contribution >= 4 is 29.3 Å². The van der Waals surface area contributed by atoms with E-state index in [-0.39, 0.29) is 12.3 Å². The molecule has 0 unspecified atom stereocenters. The first kappa shape index (κ1) is 12.3. The molecule has 91 valence electrons. The second kappa shape index (κ2) is 5.97. The van der Waals surface area contributed by atoms with E-state index in [1.54, 1.807) is 30.7 Å². The highest BCUT2D eigenvalue weighted by Crippen LogP contribution is 2.11. The maximum atomic E-state index is 11.7. The largest absolute Gasteiger partial charge is 0.337 e. The third kappa shape index (κ3) is 3.18. The molecule has 0 aliphatic rings. The molecule has 1 N–H and O–H groups in total. The molecule has 0 saturated heterocycles. The lowest BCUT2D eigenvalue weighted by molar-refractivity contribution is -0.120. The van der Waals surface area contributed by atoms with Gasteiger partial charge >= 0.3 is 6.41 Å². The summed E-state index contributed by atoms with van der Waals surface area (Å²) in [6.07, 6.45) is 1.94. The Bertz CT molecular complexity index is 511. The number of hydrogen-bond donors (Lipinski definition) is 1. The van der Waals surface area contributed by atoms with Crippen molar-refractivity contribution in [3.8, 4) is 0 Å². The van der Waals surface area contributed by atoms with Gasteiger partial charge < -0.3 is 0 Å². The number of amides is 2. The summed E-state index contributed by atoms with van der Waals surface area (Å²) in [5.41, 5.74) is 3.07.